The van der Waals surface area contributed by atoms with Crippen LogP contribution in [0.15, 0.2) is 54.9 Å². The van der Waals surface area contributed by atoms with E-state index in [1.165, 1.54) is 15.9 Å². The second kappa shape index (κ2) is 12.4. The number of carbonyl (C=O) groups excluding carboxylic acids is 1. The molecule has 0 unspecified atom stereocenters. The van der Waals surface area contributed by atoms with Gasteiger partial charge in [-0.05, 0) is 66.3 Å². The number of hydrogen-bond donors (Lipinski definition) is 2. The number of aromatic nitrogens is 4. The minimum absolute atomic E-state index is 0.0502. The number of pyridine rings is 1. The summed E-state index contributed by atoms with van der Waals surface area (Å²) in [6.45, 7) is 2.56. The first-order valence-electron chi connectivity index (χ1n) is 14.9. The molecule has 0 saturated carbocycles. The third kappa shape index (κ3) is 6.12. The molecule has 2 aromatic carbocycles. The van der Waals surface area contributed by atoms with Crippen molar-refractivity contribution in [3.63, 3.8) is 0 Å². The van der Waals surface area contributed by atoms with Crippen LogP contribution < -0.4 is 10.2 Å². The molecule has 240 valence electrons. The summed E-state index contributed by atoms with van der Waals surface area (Å²) in [5.41, 5.74) is 1.43. The molecule has 0 aliphatic carbocycles. The smallest absolute Gasteiger partial charge is 0.416 e. The van der Waals surface area contributed by atoms with Crippen molar-refractivity contribution in [1.29, 1.82) is 0 Å². The number of amides is 2. The zero-order chi connectivity index (χ0) is 32.6. The Morgan fingerprint density at radius 3 is 2.48 bits per heavy atom. The van der Waals surface area contributed by atoms with E-state index in [9.17, 15) is 22.8 Å². The minimum atomic E-state index is -4.71. The first-order chi connectivity index (χ1) is 22.0. The highest BCUT2D eigenvalue weighted by Crippen LogP contribution is 2.41. The summed E-state index contributed by atoms with van der Waals surface area (Å²) >= 11 is 0. The third-order valence-electron chi connectivity index (χ3n) is 8.24. The van der Waals surface area contributed by atoms with E-state index in [2.05, 4.69) is 20.5 Å². The summed E-state index contributed by atoms with van der Waals surface area (Å²) in [4.78, 5) is 32.2. The Balaban J connectivity index is 1.33. The number of fused-ring (bicyclic) bond motifs is 1. The number of nitrogens with zero attached hydrogens (tertiary/aromatic N) is 6. The Bertz CT molecular complexity index is 1780. The highest BCUT2D eigenvalue weighted by Gasteiger charge is 2.41. The molecule has 1 saturated heterocycles. The van der Waals surface area contributed by atoms with Crippen LogP contribution in [0.25, 0.3) is 22.5 Å². The number of anilines is 2. The summed E-state index contributed by atoms with van der Waals surface area (Å²) in [7, 11) is 1.83. The Labute approximate surface area is 262 Å². The number of rotatable bonds is 8. The number of hydrogen-bond acceptors (Lipinski definition) is 7. The average Bonchev–Trinajstić information content (AvgIpc) is 3.61. The van der Waals surface area contributed by atoms with E-state index in [1.54, 1.807) is 17.0 Å². The van der Waals surface area contributed by atoms with Gasteiger partial charge in [0.15, 0.2) is 5.82 Å². The summed E-state index contributed by atoms with van der Waals surface area (Å²) in [5.74, 6) is 0.704. The SMILES string of the molecule is CCNc1cc(-c2ccccc2-c2nncn2C)cc(N2Cc3c(cc(COC4CCN(C(=O)O)CC4)cc3C(F)(F)F)C2=O)n1. The number of carboxylic acid groups (broad SMARTS) is 1. The van der Waals surface area contributed by atoms with Crippen molar-refractivity contribution in [2.24, 2.45) is 7.05 Å². The van der Waals surface area contributed by atoms with Gasteiger partial charge in [-0.3, -0.25) is 9.69 Å². The van der Waals surface area contributed by atoms with Crippen molar-refractivity contribution < 1.29 is 32.6 Å². The van der Waals surface area contributed by atoms with Crippen LogP contribution in [0.3, 0.4) is 0 Å². The number of carbonyl (C=O) groups is 2. The maximum atomic E-state index is 14.4. The van der Waals surface area contributed by atoms with Crippen LogP contribution in [0, 0.1) is 0 Å². The molecule has 0 spiro atoms. The van der Waals surface area contributed by atoms with Gasteiger partial charge >= 0.3 is 12.3 Å². The Hall–Kier alpha value is -4.98. The van der Waals surface area contributed by atoms with Gasteiger partial charge in [-0.25, -0.2) is 9.78 Å². The van der Waals surface area contributed by atoms with E-state index < -0.39 is 23.7 Å². The molecule has 2 aromatic heterocycles. The normalized spacial score (nSPS) is 15.4. The standard InChI is InChI=1S/C32H32F3N7O4/c1-3-36-27-14-20(22-6-4-5-7-23(22)29-39-37-18-40(29)2)15-28(38-27)42-16-25-24(30(42)43)12-19(13-26(25)32(33,34)35)17-46-21-8-10-41(11-9-21)31(44)45/h4-7,12-15,18,21H,3,8-11,16-17H2,1-2H3,(H,36,38)(H,44,45). The Morgan fingerprint density at radius 2 is 1.83 bits per heavy atom. The lowest BCUT2D eigenvalue weighted by atomic mass is 9.99. The van der Waals surface area contributed by atoms with Crippen LogP contribution in [0.1, 0.15) is 46.8 Å². The monoisotopic (exact) mass is 635 g/mol. The highest BCUT2D eigenvalue weighted by atomic mass is 19.4. The van der Waals surface area contributed by atoms with Crippen molar-refractivity contribution in [1.82, 2.24) is 24.6 Å². The largest absolute Gasteiger partial charge is 0.465 e. The van der Waals surface area contributed by atoms with Crippen LogP contribution in [0.2, 0.25) is 0 Å². The topological polar surface area (TPSA) is 126 Å². The molecule has 1 fully saturated rings. The van der Waals surface area contributed by atoms with E-state index in [1.807, 2.05) is 44.3 Å². The van der Waals surface area contributed by atoms with Crippen molar-refractivity contribution in [3.05, 3.63) is 77.1 Å². The first kappa shape index (κ1) is 31.0. The molecule has 2 aliphatic rings. The lowest BCUT2D eigenvalue weighted by Crippen LogP contribution is -2.40. The fraction of sp³-hybridized carbons (Fsp3) is 0.344. The fourth-order valence-corrected chi connectivity index (χ4v) is 5.96. The van der Waals surface area contributed by atoms with E-state index in [4.69, 9.17) is 9.84 Å². The van der Waals surface area contributed by atoms with Gasteiger partial charge in [0.05, 0.1) is 24.8 Å². The molecular weight excluding hydrogens is 603 g/mol. The van der Waals surface area contributed by atoms with E-state index in [0.717, 1.165) is 17.2 Å². The molecule has 2 aliphatic heterocycles. The van der Waals surface area contributed by atoms with Gasteiger partial charge in [0.1, 0.15) is 18.0 Å². The second-order valence-electron chi connectivity index (χ2n) is 11.3. The lowest BCUT2D eigenvalue weighted by Gasteiger charge is -2.30. The van der Waals surface area contributed by atoms with Gasteiger partial charge in [-0.1, -0.05) is 24.3 Å². The predicted molar refractivity (Wildman–Crippen MR) is 163 cm³/mol. The molecule has 4 aromatic rings. The number of halogens is 3. The molecule has 4 heterocycles. The van der Waals surface area contributed by atoms with Crippen molar-refractivity contribution in [3.8, 4) is 22.5 Å². The van der Waals surface area contributed by atoms with E-state index in [-0.39, 0.29) is 54.9 Å². The Kier molecular flexibility index (Phi) is 8.38. The zero-order valence-electron chi connectivity index (χ0n) is 25.2. The van der Waals surface area contributed by atoms with Crippen molar-refractivity contribution in [2.75, 3.05) is 29.9 Å². The molecular formula is C32H32F3N7O4. The molecule has 2 amide bonds. The van der Waals surface area contributed by atoms with Gasteiger partial charge in [0.25, 0.3) is 5.91 Å². The maximum Gasteiger partial charge on any atom is 0.416 e. The Morgan fingerprint density at radius 1 is 1.09 bits per heavy atom. The van der Waals surface area contributed by atoms with E-state index >= 15 is 0 Å². The quantitative estimate of drug-likeness (QED) is 0.248. The summed E-state index contributed by atoms with van der Waals surface area (Å²) in [5, 5.41) is 20.6. The van der Waals surface area contributed by atoms with Crippen LogP contribution in [0.4, 0.5) is 29.6 Å². The highest BCUT2D eigenvalue weighted by molar-refractivity contribution is 6.10. The molecule has 46 heavy (non-hydrogen) atoms. The number of aryl methyl sites for hydroxylation is 1. The van der Waals surface area contributed by atoms with Gasteiger partial charge in [-0.15, -0.1) is 10.2 Å². The molecule has 0 radical (unpaired) electrons. The van der Waals surface area contributed by atoms with Gasteiger partial charge in [0, 0.05) is 37.8 Å². The lowest BCUT2D eigenvalue weighted by molar-refractivity contribution is -0.138. The third-order valence-corrected chi connectivity index (χ3v) is 8.24. The number of likely N-dealkylation sites (tertiary alicyclic amines) is 1. The predicted octanol–water partition coefficient (Wildman–Crippen LogP) is 5.81. The summed E-state index contributed by atoms with van der Waals surface area (Å²) < 4.78 is 50.8. The number of alkyl halides is 3. The molecule has 0 bridgehead atoms. The average molecular weight is 636 g/mol. The van der Waals surface area contributed by atoms with Crippen molar-refractivity contribution >= 4 is 23.6 Å². The number of ether oxygens (including phenoxy) is 1. The second-order valence-corrected chi connectivity index (χ2v) is 11.3. The van der Waals surface area contributed by atoms with Crippen LogP contribution in [-0.4, -0.2) is 67.5 Å². The summed E-state index contributed by atoms with van der Waals surface area (Å²) in [6, 6.07) is 13.6. The molecule has 11 nitrogen and oxygen atoms in total. The minimum Gasteiger partial charge on any atom is -0.465 e. The first-order valence-corrected chi connectivity index (χ1v) is 14.9. The number of piperidine rings is 1. The molecule has 14 heteroatoms. The van der Waals surface area contributed by atoms with Crippen LogP contribution in [-0.2, 0) is 31.1 Å². The number of benzene rings is 2. The fourth-order valence-electron chi connectivity index (χ4n) is 5.96. The molecule has 6 rings (SSSR count). The maximum absolute atomic E-state index is 14.4. The number of nitrogens with one attached hydrogen (secondary N) is 1. The van der Waals surface area contributed by atoms with Gasteiger partial charge in [0.2, 0.25) is 0 Å². The van der Waals surface area contributed by atoms with Crippen molar-refractivity contribution in [2.45, 2.75) is 45.2 Å². The summed E-state index contributed by atoms with van der Waals surface area (Å²) in [6.07, 6.45) is -3.55. The zero-order valence-corrected chi connectivity index (χ0v) is 25.2. The van der Waals surface area contributed by atoms with Gasteiger partial charge in [-0.2, -0.15) is 13.2 Å². The van der Waals surface area contributed by atoms with Gasteiger partial charge < -0.3 is 24.6 Å². The van der Waals surface area contributed by atoms with E-state index in [0.29, 0.717) is 36.6 Å². The van der Waals surface area contributed by atoms with Crippen LogP contribution in [0.5, 0.6) is 0 Å². The molecule has 2 N–H and O–H groups in total. The van der Waals surface area contributed by atoms with Crippen LogP contribution >= 0.6 is 0 Å². The molecule has 0 atom stereocenters.